The van der Waals surface area contributed by atoms with E-state index in [-0.39, 0.29) is 11.7 Å². The quantitative estimate of drug-likeness (QED) is 0.595. The Labute approximate surface area is 131 Å². The molecule has 0 aliphatic carbocycles. The van der Waals surface area contributed by atoms with E-state index in [9.17, 15) is 13.2 Å². The molecule has 0 radical (unpaired) electrons. The molecule has 0 bridgehead atoms. The van der Waals surface area contributed by atoms with Gasteiger partial charge in [-0.05, 0) is 39.1 Å². The molecular formula is C14H23N3O4S. The van der Waals surface area contributed by atoms with Gasteiger partial charge in [-0.25, -0.2) is 8.42 Å². The summed E-state index contributed by atoms with van der Waals surface area (Å²) in [6.07, 6.45) is 1.15. The first kappa shape index (κ1) is 18.2. The van der Waals surface area contributed by atoms with E-state index in [1.54, 1.807) is 25.1 Å². The monoisotopic (exact) mass is 329 g/mol. The number of methoxy groups -OCH3 is 1. The predicted molar refractivity (Wildman–Crippen MR) is 87.9 cm³/mol. The highest BCUT2D eigenvalue weighted by atomic mass is 32.2. The second kappa shape index (κ2) is 8.60. The second-order valence-electron chi connectivity index (χ2n) is 4.68. The number of sulfonamides is 1. The standard InChI is InChI=1S/C14H23N3O4S/c1-4-22(19,20)17-12-8-7-11(10-13(12)21-3)16-14(18)6-5-9-15-2/h7-8,10,15,17H,4-6,9H2,1-3H3,(H,16,18). The van der Waals surface area contributed by atoms with Crippen LogP contribution in [-0.2, 0) is 14.8 Å². The molecule has 124 valence electrons. The van der Waals surface area contributed by atoms with E-state index in [0.29, 0.717) is 23.5 Å². The van der Waals surface area contributed by atoms with E-state index in [2.05, 4.69) is 15.4 Å². The van der Waals surface area contributed by atoms with Crippen molar-refractivity contribution >= 4 is 27.3 Å². The van der Waals surface area contributed by atoms with Crippen LogP contribution in [0, 0.1) is 0 Å². The van der Waals surface area contributed by atoms with Gasteiger partial charge in [0.2, 0.25) is 15.9 Å². The highest BCUT2D eigenvalue weighted by Gasteiger charge is 2.12. The Morgan fingerprint density at radius 2 is 2.05 bits per heavy atom. The molecule has 7 nitrogen and oxygen atoms in total. The molecule has 22 heavy (non-hydrogen) atoms. The topological polar surface area (TPSA) is 96.5 Å². The summed E-state index contributed by atoms with van der Waals surface area (Å²) >= 11 is 0. The minimum atomic E-state index is -3.38. The molecule has 1 rings (SSSR count). The van der Waals surface area contributed by atoms with Crippen LogP contribution in [0.2, 0.25) is 0 Å². The van der Waals surface area contributed by atoms with E-state index in [1.165, 1.54) is 7.11 Å². The summed E-state index contributed by atoms with van der Waals surface area (Å²) in [5.41, 5.74) is 0.906. The third-order valence-electron chi connectivity index (χ3n) is 2.96. The van der Waals surface area contributed by atoms with Crippen molar-refractivity contribution in [3.8, 4) is 5.75 Å². The molecule has 0 aliphatic rings. The molecule has 0 saturated heterocycles. The Hall–Kier alpha value is -1.80. The average Bonchev–Trinajstić information content (AvgIpc) is 2.49. The normalized spacial score (nSPS) is 11.0. The summed E-state index contributed by atoms with van der Waals surface area (Å²) in [7, 11) is -0.106. The fraction of sp³-hybridized carbons (Fsp3) is 0.500. The molecular weight excluding hydrogens is 306 g/mol. The number of carbonyl (C=O) groups excluding carboxylic acids is 1. The lowest BCUT2D eigenvalue weighted by atomic mass is 10.2. The lowest BCUT2D eigenvalue weighted by molar-refractivity contribution is -0.116. The van der Waals surface area contributed by atoms with Gasteiger partial charge in [-0.2, -0.15) is 0 Å². The molecule has 8 heteroatoms. The van der Waals surface area contributed by atoms with Crippen molar-refractivity contribution < 1.29 is 17.9 Å². The molecule has 0 atom stereocenters. The van der Waals surface area contributed by atoms with Gasteiger partial charge >= 0.3 is 0 Å². The van der Waals surface area contributed by atoms with Gasteiger partial charge in [0.25, 0.3) is 0 Å². The molecule has 1 aromatic carbocycles. The zero-order valence-corrected chi connectivity index (χ0v) is 13.9. The van der Waals surface area contributed by atoms with Crippen molar-refractivity contribution in [2.75, 3.05) is 36.5 Å². The molecule has 1 amide bonds. The molecule has 0 spiro atoms. The smallest absolute Gasteiger partial charge is 0.232 e. The zero-order valence-electron chi connectivity index (χ0n) is 13.1. The van der Waals surface area contributed by atoms with Gasteiger partial charge in [-0.3, -0.25) is 9.52 Å². The minimum Gasteiger partial charge on any atom is -0.494 e. The summed E-state index contributed by atoms with van der Waals surface area (Å²) in [5.74, 6) is 0.226. The number of carbonyl (C=O) groups is 1. The minimum absolute atomic E-state index is 0.0277. The van der Waals surface area contributed by atoms with Crippen molar-refractivity contribution in [1.29, 1.82) is 0 Å². The van der Waals surface area contributed by atoms with Gasteiger partial charge < -0.3 is 15.4 Å². The Morgan fingerprint density at radius 1 is 1.32 bits per heavy atom. The number of amides is 1. The van der Waals surface area contributed by atoms with E-state index in [4.69, 9.17) is 4.74 Å². The van der Waals surface area contributed by atoms with Gasteiger partial charge in [0.05, 0.1) is 18.6 Å². The highest BCUT2D eigenvalue weighted by Crippen LogP contribution is 2.28. The lowest BCUT2D eigenvalue weighted by Gasteiger charge is -2.13. The van der Waals surface area contributed by atoms with Gasteiger partial charge in [-0.15, -0.1) is 0 Å². The number of hydrogen-bond acceptors (Lipinski definition) is 5. The Morgan fingerprint density at radius 3 is 2.64 bits per heavy atom. The van der Waals surface area contributed by atoms with E-state index in [1.807, 2.05) is 7.05 Å². The number of nitrogens with one attached hydrogen (secondary N) is 3. The Balaban J connectivity index is 2.78. The van der Waals surface area contributed by atoms with E-state index >= 15 is 0 Å². The molecule has 0 saturated carbocycles. The van der Waals surface area contributed by atoms with Crippen LogP contribution < -0.4 is 20.1 Å². The number of hydrogen-bond donors (Lipinski definition) is 3. The Kier molecular flexibility index (Phi) is 7.13. The molecule has 0 unspecified atom stereocenters. The first-order chi connectivity index (χ1) is 10.4. The SMILES string of the molecule is CCS(=O)(=O)Nc1ccc(NC(=O)CCCNC)cc1OC. The molecule has 0 aliphatic heterocycles. The van der Waals surface area contributed by atoms with Crippen LogP contribution in [0.4, 0.5) is 11.4 Å². The summed E-state index contributed by atoms with van der Waals surface area (Å²) < 4.78 is 30.8. The van der Waals surface area contributed by atoms with Gasteiger partial charge in [0.15, 0.2) is 0 Å². The van der Waals surface area contributed by atoms with Crippen molar-refractivity contribution in [1.82, 2.24) is 5.32 Å². The third-order valence-corrected chi connectivity index (χ3v) is 4.25. The van der Waals surface area contributed by atoms with Gasteiger partial charge in [-0.1, -0.05) is 0 Å². The van der Waals surface area contributed by atoms with Crippen LogP contribution in [0.5, 0.6) is 5.75 Å². The molecule has 0 fully saturated rings. The second-order valence-corrected chi connectivity index (χ2v) is 6.69. The maximum atomic E-state index is 11.8. The lowest BCUT2D eigenvalue weighted by Crippen LogP contribution is -2.16. The van der Waals surface area contributed by atoms with Crippen LogP contribution in [0.15, 0.2) is 18.2 Å². The van der Waals surface area contributed by atoms with E-state index in [0.717, 1.165) is 13.0 Å². The van der Waals surface area contributed by atoms with Crippen molar-refractivity contribution in [2.45, 2.75) is 19.8 Å². The van der Waals surface area contributed by atoms with Crippen LogP contribution in [0.3, 0.4) is 0 Å². The van der Waals surface area contributed by atoms with Crippen LogP contribution in [0.25, 0.3) is 0 Å². The maximum Gasteiger partial charge on any atom is 0.232 e. The highest BCUT2D eigenvalue weighted by molar-refractivity contribution is 7.92. The van der Waals surface area contributed by atoms with Crippen molar-refractivity contribution in [2.24, 2.45) is 0 Å². The van der Waals surface area contributed by atoms with Gasteiger partial charge in [0.1, 0.15) is 5.75 Å². The van der Waals surface area contributed by atoms with E-state index < -0.39 is 10.0 Å². The number of ether oxygens (including phenoxy) is 1. The molecule has 3 N–H and O–H groups in total. The summed E-state index contributed by atoms with van der Waals surface area (Å²) in [6, 6.07) is 4.78. The first-order valence-electron chi connectivity index (χ1n) is 7.04. The number of rotatable bonds is 9. The van der Waals surface area contributed by atoms with Crippen molar-refractivity contribution in [3.05, 3.63) is 18.2 Å². The maximum absolute atomic E-state index is 11.8. The van der Waals surface area contributed by atoms with Crippen molar-refractivity contribution in [3.63, 3.8) is 0 Å². The van der Waals surface area contributed by atoms with Crippen LogP contribution >= 0.6 is 0 Å². The molecule has 0 heterocycles. The Bertz CT molecular complexity index is 602. The molecule has 0 aromatic heterocycles. The fourth-order valence-corrected chi connectivity index (χ4v) is 2.39. The summed E-state index contributed by atoms with van der Waals surface area (Å²) in [4.78, 5) is 11.8. The first-order valence-corrected chi connectivity index (χ1v) is 8.70. The predicted octanol–water partition coefficient (Wildman–Crippen LogP) is 1.39. The zero-order chi connectivity index (χ0) is 16.6. The average molecular weight is 329 g/mol. The summed E-state index contributed by atoms with van der Waals surface area (Å²) in [6.45, 7) is 2.32. The van der Waals surface area contributed by atoms with Crippen LogP contribution in [0.1, 0.15) is 19.8 Å². The number of benzene rings is 1. The third kappa shape index (κ3) is 5.90. The number of anilines is 2. The van der Waals surface area contributed by atoms with Gasteiger partial charge in [0, 0.05) is 18.2 Å². The van der Waals surface area contributed by atoms with Crippen LogP contribution in [-0.4, -0.2) is 40.8 Å². The summed E-state index contributed by atoms with van der Waals surface area (Å²) in [5, 5.41) is 5.73. The largest absolute Gasteiger partial charge is 0.494 e. The fourth-order valence-electron chi connectivity index (χ4n) is 1.74. The molecule has 1 aromatic rings.